The van der Waals surface area contributed by atoms with E-state index >= 15 is 0 Å². The monoisotopic (exact) mass is 181 g/mol. The van der Waals surface area contributed by atoms with Gasteiger partial charge in [0.05, 0.1) is 0 Å². The van der Waals surface area contributed by atoms with E-state index in [1.807, 2.05) is 11.3 Å². The molecule has 0 spiro atoms. The van der Waals surface area contributed by atoms with Crippen molar-refractivity contribution in [3.63, 3.8) is 0 Å². The predicted octanol–water partition coefficient (Wildman–Crippen LogP) is 2.20. The third-order valence-electron chi connectivity index (χ3n) is 2.71. The normalized spacial score (nSPS) is 22.2. The van der Waals surface area contributed by atoms with Gasteiger partial charge in [0.2, 0.25) is 0 Å². The Balaban J connectivity index is 2.05. The summed E-state index contributed by atoms with van der Waals surface area (Å²) in [6, 6.07) is 2.28. The molecule has 1 heterocycles. The molecule has 1 aromatic heterocycles. The Morgan fingerprint density at radius 1 is 1.58 bits per heavy atom. The summed E-state index contributed by atoms with van der Waals surface area (Å²) in [4.78, 5) is 1.61. The topological polar surface area (TPSA) is 26.0 Å². The molecule has 1 aliphatic rings. The molecular weight excluding hydrogens is 166 g/mol. The third kappa shape index (κ3) is 1.54. The highest BCUT2D eigenvalue weighted by molar-refractivity contribution is 7.10. The molecule has 1 unspecified atom stereocenters. The Morgan fingerprint density at radius 3 is 3.33 bits per heavy atom. The van der Waals surface area contributed by atoms with E-state index in [4.69, 9.17) is 5.73 Å². The van der Waals surface area contributed by atoms with E-state index < -0.39 is 0 Å². The van der Waals surface area contributed by atoms with Crippen LogP contribution in [0, 0.1) is 5.92 Å². The summed E-state index contributed by atoms with van der Waals surface area (Å²) in [6.07, 6.45) is 5.12. The fourth-order valence-electron chi connectivity index (χ4n) is 1.97. The average molecular weight is 181 g/mol. The SMILES string of the molecule is NCCC1CCc2ccsc2C1. The molecule has 2 N–H and O–H groups in total. The fraction of sp³-hybridized carbons (Fsp3) is 0.600. The maximum absolute atomic E-state index is 5.56. The zero-order valence-electron chi connectivity index (χ0n) is 7.25. The second kappa shape index (κ2) is 3.58. The van der Waals surface area contributed by atoms with Crippen LogP contribution in [-0.2, 0) is 12.8 Å². The van der Waals surface area contributed by atoms with Crippen LogP contribution in [0.4, 0.5) is 0 Å². The van der Waals surface area contributed by atoms with E-state index in [0.29, 0.717) is 0 Å². The number of fused-ring (bicyclic) bond motifs is 1. The van der Waals surface area contributed by atoms with E-state index in [9.17, 15) is 0 Å². The molecule has 0 saturated carbocycles. The lowest BCUT2D eigenvalue weighted by atomic mass is 9.87. The largest absolute Gasteiger partial charge is 0.330 e. The lowest BCUT2D eigenvalue weighted by Crippen LogP contribution is -2.16. The first kappa shape index (κ1) is 8.27. The number of rotatable bonds is 2. The van der Waals surface area contributed by atoms with Crippen molar-refractivity contribution in [3.8, 4) is 0 Å². The highest BCUT2D eigenvalue weighted by Crippen LogP contribution is 2.30. The van der Waals surface area contributed by atoms with Gasteiger partial charge in [0, 0.05) is 4.88 Å². The van der Waals surface area contributed by atoms with Crippen molar-refractivity contribution in [3.05, 3.63) is 21.9 Å². The summed E-state index contributed by atoms with van der Waals surface area (Å²) >= 11 is 1.91. The van der Waals surface area contributed by atoms with Crippen molar-refractivity contribution in [2.75, 3.05) is 6.54 Å². The van der Waals surface area contributed by atoms with E-state index in [1.165, 1.54) is 25.7 Å². The van der Waals surface area contributed by atoms with Crippen LogP contribution < -0.4 is 5.73 Å². The van der Waals surface area contributed by atoms with Crippen LogP contribution in [-0.4, -0.2) is 6.54 Å². The molecule has 12 heavy (non-hydrogen) atoms. The van der Waals surface area contributed by atoms with E-state index in [0.717, 1.165) is 12.5 Å². The molecule has 1 nitrogen and oxygen atoms in total. The van der Waals surface area contributed by atoms with Crippen molar-refractivity contribution in [2.45, 2.75) is 25.7 Å². The van der Waals surface area contributed by atoms with Crippen molar-refractivity contribution in [2.24, 2.45) is 11.7 Å². The molecule has 0 aromatic carbocycles. The highest BCUT2D eigenvalue weighted by atomic mass is 32.1. The number of hydrogen-bond donors (Lipinski definition) is 1. The molecular formula is C10H15NS. The molecule has 0 radical (unpaired) electrons. The van der Waals surface area contributed by atoms with Gasteiger partial charge in [-0.2, -0.15) is 0 Å². The standard InChI is InChI=1S/C10H15NS/c11-5-3-8-1-2-9-4-6-12-10(9)7-8/h4,6,8H,1-3,5,7,11H2. The molecule has 2 heteroatoms. The number of aryl methyl sites for hydroxylation is 1. The summed E-state index contributed by atoms with van der Waals surface area (Å²) in [7, 11) is 0. The molecule has 0 saturated heterocycles. The van der Waals surface area contributed by atoms with E-state index in [1.54, 1.807) is 10.4 Å². The smallest absolute Gasteiger partial charge is 0.00799 e. The zero-order chi connectivity index (χ0) is 8.39. The van der Waals surface area contributed by atoms with Crippen molar-refractivity contribution in [1.29, 1.82) is 0 Å². The van der Waals surface area contributed by atoms with Gasteiger partial charge in [-0.1, -0.05) is 0 Å². The Hall–Kier alpha value is -0.340. The minimum atomic E-state index is 0.853. The molecule has 1 atom stereocenters. The van der Waals surface area contributed by atoms with Gasteiger partial charge in [-0.15, -0.1) is 11.3 Å². The molecule has 1 aromatic rings. The molecule has 66 valence electrons. The zero-order valence-corrected chi connectivity index (χ0v) is 8.07. The van der Waals surface area contributed by atoms with Crippen LogP contribution in [0.25, 0.3) is 0 Å². The molecule has 0 bridgehead atoms. The fourth-order valence-corrected chi connectivity index (χ4v) is 3.02. The van der Waals surface area contributed by atoms with Crippen LogP contribution in [0.3, 0.4) is 0 Å². The Labute approximate surface area is 77.6 Å². The number of hydrogen-bond acceptors (Lipinski definition) is 2. The van der Waals surface area contributed by atoms with Gasteiger partial charge in [0.15, 0.2) is 0 Å². The van der Waals surface area contributed by atoms with Gasteiger partial charge >= 0.3 is 0 Å². The minimum absolute atomic E-state index is 0.853. The van der Waals surface area contributed by atoms with Crippen LogP contribution in [0.5, 0.6) is 0 Å². The number of thiophene rings is 1. The maximum atomic E-state index is 5.56. The summed E-state index contributed by atoms with van der Waals surface area (Å²) in [5.74, 6) is 0.862. The summed E-state index contributed by atoms with van der Waals surface area (Å²) in [5, 5.41) is 2.22. The second-order valence-corrected chi connectivity index (χ2v) is 4.56. The van der Waals surface area contributed by atoms with Crippen molar-refractivity contribution < 1.29 is 0 Å². The third-order valence-corrected chi connectivity index (χ3v) is 3.69. The minimum Gasteiger partial charge on any atom is -0.330 e. The predicted molar refractivity (Wildman–Crippen MR) is 53.5 cm³/mol. The van der Waals surface area contributed by atoms with Gasteiger partial charge < -0.3 is 5.73 Å². The van der Waals surface area contributed by atoms with Crippen LogP contribution in [0.2, 0.25) is 0 Å². The summed E-state index contributed by atoms with van der Waals surface area (Å²) in [6.45, 7) is 0.853. The lowest BCUT2D eigenvalue weighted by Gasteiger charge is -2.20. The Morgan fingerprint density at radius 2 is 2.50 bits per heavy atom. The van der Waals surface area contributed by atoms with Gasteiger partial charge in [-0.25, -0.2) is 0 Å². The first-order valence-corrected chi connectivity index (χ1v) is 5.53. The molecule has 1 aliphatic carbocycles. The van der Waals surface area contributed by atoms with Gasteiger partial charge in [0.25, 0.3) is 0 Å². The molecule has 0 amide bonds. The van der Waals surface area contributed by atoms with Crippen LogP contribution >= 0.6 is 11.3 Å². The van der Waals surface area contributed by atoms with Crippen molar-refractivity contribution >= 4 is 11.3 Å². The van der Waals surface area contributed by atoms with Crippen LogP contribution in [0.1, 0.15) is 23.3 Å². The van der Waals surface area contributed by atoms with Crippen LogP contribution in [0.15, 0.2) is 11.4 Å². The Bertz CT molecular complexity index is 254. The molecule has 0 aliphatic heterocycles. The summed E-state index contributed by atoms with van der Waals surface area (Å²) < 4.78 is 0. The second-order valence-electron chi connectivity index (χ2n) is 3.56. The van der Waals surface area contributed by atoms with Gasteiger partial charge in [-0.05, 0) is 55.2 Å². The van der Waals surface area contributed by atoms with Crippen molar-refractivity contribution in [1.82, 2.24) is 0 Å². The lowest BCUT2D eigenvalue weighted by molar-refractivity contribution is 0.438. The maximum Gasteiger partial charge on any atom is 0.00799 e. The van der Waals surface area contributed by atoms with E-state index in [-0.39, 0.29) is 0 Å². The number of nitrogens with two attached hydrogens (primary N) is 1. The summed E-state index contributed by atoms with van der Waals surface area (Å²) in [5.41, 5.74) is 7.15. The van der Waals surface area contributed by atoms with Gasteiger partial charge in [-0.3, -0.25) is 0 Å². The highest BCUT2D eigenvalue weighted by Gasteiger charge is 2.18. The quantitative estimate of drug-likeness (QED) is 0.743. The first-order chi connectivity index (χ1) is 5.90. The Kier molecular flexibility index (Phi) is 2.47. The first-order valence-electron chi connectivity index (χ1n) is 4.65. The molecule has 2 rings (SSSR count). The van der Waals surface area contributed by atoms with E-state index in [2.05, 4.69) is 11.4 Å². The molecule has 0 fully saturated rings. The average Bonchev–Trinajstić information content (AvgIpc) is 2.51. The van der Waals surface area contributed by atoms with Gasteiger partial charge in [0.1, 0.15) is 0 Å².